The van der Waals surface area contributed by atoms with Gasteiger partial charge >= 0.3 is 0 Å². The summed E-state index contributed by atoms with van der Waals surface area (Å²) in [6.45, 7) is -0.185. The second-order valence-electron chi connectivity index (χ2n) is 9.21. The summed E-state index contributed by atoms with van der Waals surface area (Å²) in [5.41, 5.74) is 1.14. The van der Waals surface area contributed by atoms with Gasteiger partial charge in [-0.3, -0.25) is 9.78 Å². The lowest BCUT2D eigenvalue weighted by molar-refractivity contribution is 0.0770. The Morgan fingerprint density at radius 2 is 1.79 bits per heavy atom. The Labute approximate surface area is 219 Å². The van der Waals surface area contributed by atoms with Crippen LogP contribution in [0.3, 0.4) is 0 Å². The summed E-state index contributed by atoms with van der Waals surface area (Å²) in [7, 11) is -4.25. The highest BCUT2D eigenvalue weighted by Gasteiger charge is 2.51. The van der Waals surface area contributed by atoms with Crippen LogP contribution in [-0.2, 0) is 10.0 Å². The first kappa shape index (κ1) is 25.6. The van der Waals surface area contributed by atoms with Crippen LogP contribution in [0.1, 0.15) is 23.3 Å². The fourth-order valence-corrected chi connectivity index (χ4v) is 6.57. The molecule has 38 heavy (non-hydrogen) atoms. The largest absolute Gasteiger partial charge is 0.355 e. The molecule has 1 aliphatic carbocycles. The van der Waals surface area contributed by atoms with Crippen molar-refractivity contribution in [3.63, 3.8) is 0 Å². The number of ketones is 1. The van der Waals surface area contributed by atoms with Gasteiger partial charge in [-0.05, 0) is 73.0 Å². The molecule has 2 aromatic carbocycles. The van der Waals surface area contributed by atoms with Gasteiger partial charge in [-0.25, -0.2) is 17.2 Å². The number of hydrogen-bond acceptors (Lipinski definition) is 6. The first-order valence-electron chi connectivity index (χ1n) is 11.9. The highest BCUT2D eigenvalue weighted by molar-refractivity contribution is 7.89. The van der Waals surface area contributed by atoms with Gasteiger partial charge in [-0.1, -0.05) is 23.8 Å². The molecule has 1 aromatic heterocycles. The molecule has 0 saturated carbocycles. The van der Waals surface area contributed by atoms with Crippen LogP contribution in [0, 0.1) is 22.5 Å². The first-order valence-corrected chi connectivity index (χ1v) is 13.4. The monoisotopic (exact) mass is 534 g/mol. The maximum Gasteiger partial charge on any atom is 0.246 e. The molecule has 3 aromatic rings. The van der Waals surface area contributed by atoms with Crippen molar-refractivity contribution in [1.82, 2.24) is 9.29 Å². The molecule has 0 bridgehead atoms. The Morgan fingerprint density at radius 1 is 1.05 bits per heavy atom. The number of sulfonamides is 1. The number of nitrogens with one attached hydrogen (secondary N) is 2. The molecule has 0 amide bonds. The van der Waals surface area contributed by atoms with Crippen LogP contribution in [0.5, 0.6) is 0 Å². The standard InChI is InChI=1S/C28H24F2N4O3S/c29-21-8-10-22(11-9-21)33-25-15-20-12-14-34(38(36,37)26-7-2-1-5-23(26)30)18-28(20,16-19(25)17-31)27(35)24-6-3-4-13-32-24/h1-11,13,15,17,31,33H,12,14,16,18H2/t28-/m0/s1. The topological polar surface area (TPSA) is 103 Å². The number of anilines is 1. The third kappa shape index (κ3) is 4.57. The van der Waals surface area contributed by atoms with Crippen molar-refractivity contribution < 1.29 is 22.0 Å². The zero-order valence-corrected chi connectivity index (χ0v) is 21.0. The Morgan fingerprint density at radius 3 is 2.47 bits per heavy atom. The molecule has 0 radical (unpaired) electrons. The number of Topliss-reactive ketones (excluding diaryl/α,β-unsaturated/α-hetero) is 1. The lowest BCUT2D eigenvalue weighted by atomic mass is 9.65. The zero-order chi connectivity index (χ0) is 26.9. The molecule has 1 aliphatic heterocycles. The van der Waals surface area contributed by atoms with E-state index in [2.05, 4.69) is 10.3 Å². The lowest BCUT2D eigenvalue weighted by Crippen LogP contribution is -2.52. The van der Waals surface area contributed by atoms with E-state index in [4.69, 9.17) is 5.41 Å². The van der Waals surface area contributed by atoms with Gasteiger partial charge in [0.25, 0.3) is 0 Å². The number of hydrogen-bond donors (Lipinski definition) is 2. The van der Waals surface area contributed by atoms with Crippen LogP contribution in [0.15, 0.2) is 101 Å². The van der Waals surface area contributed by atoms with E-state index in [1.165, 1.54) is 36.5 Å². The van der Waals surface area contributed by atoms with Gasteiger partial charge in [-0.2, -0.15) is 4.31 Å². The summed E-state index contributed by atoms with van der Waals surface area (Å²) in [6, 6.07) is 15.8. The maximum absolute atomic E-state index is 14.5. The third-order valence-electron chi connectivity index (χ3n) is 6.93. The van der Waals surface area contributed by atoms with Gasteiger partial charge in [0.1, 0.15) is 22.2 Å². The van der Waals surface area contributed by atoms with Crippen LogP contribution >= 0.6 is 0 Å². The normalized spacial score (nSPS) is 19.9. The number of allylic oxidation sites excluding steroid dienone is 2. The summed E-state index contributed by atoms with van der Waals surface area (Å²) < 4.78 is 56.1. The number of halogens is 2. The third-order valence-corrected chi connectivity index (χ3v) is 8.81. The molecule has 7 nitrogen and oxygen atoms in total. The summed E-state index contributed by atoms with van der Waals surface area (Å²) in [6.07, 6.45) is 4.62. The van der Waals surface area contributed by atoms with E-state index < -0.39 is 26.2 Å². The molecule has 2 heterocycles. The van der Waals surface area contributed by atoms with Crippen molar-refractivity contribution in [2.24, 2.45) is 5.41 Å². The Bertz CT molecular complexity index is 1570. The quantitative estimate of drug-likeness (QED) is 0.329. The van der Waals surface area contributed by atoms with Crippen LogP contribution in [0.2, 0.25) is 0 Å². The zero-order valence-electron chi connectivity index (χ0n) is 20.2. The van der Waals surface area contributed by atoms with E-state index in [-0.39, 0.29) is 43.2 Å². The maximum atomic E-state index is 14.5. The molecule has 0 spiro atoms. The van der Waals surface area contributed by atoms with E-state index >= 15 is 0 Å². The number of nitrogens with zero attached hydrogens (tertiary/aromatic N) is 2. The van der Waals surface area contributed by atoms with Crippen molar-refractivity contribution in [3.8, 4) is 0 Å². The van der Waals surface area contributed by atoms with Crippen LogP contribution in [0.4, 0.5) is 14.5 Å². The molecule has 1 atom stereocenters. The highest BCUT2D eigenvalue weighted by Crippen LogP contribution is 2.47. The van der Waals surface area contributed by atoms with Gasteiger partial charge in [0.05, 0.1) is 5.41 Å². The number of piperidine rings is 1. The Balaban J connectivity index is 1.58. The number of carbonyl (C=O) groups is 1. The van der Waals surface area contributed by atoms with Crippen molar-refractivity contribution in [3.05, 3.63) is 113 Å². The second kappa shape index (κ2) is 10.0. The van der Waals surface area contributed by atoms with Gasteiger partial charge in [0, 0.05) is 36.9 Å². The lowest BCUT2D eigenvalue weighted by Gasteiger charge is -2.45. The fraction of sp³-hybridized carbons (Fsp3) is 0.179. The second-order valence-corrected chi connectivity index (χ2v) is 11.1. The molecule has 0 unspecified atom stereocenters. The summed E-state index contributed by atoms with van der Waals surface area (Å²) in [5.74, 6) is -1.63. The van der Waals surface area contributed by atoms with Gasteiger partial charge in [-0.15, -0.1) is 0 Å². The van der Waals surface area contributed by atoms with Crippen molar-refractivity contribution >= 4 is 27.7 Å². The van der Waals surface area contributed by atoms with Crippen LogP contribution < -0.4 is 5.32 Å². The minimum Gasteiger partial charge on any atom is -0.355 e. The summed E-state index contributed by atoms with van der Waals surface area (Å²) in [5, 5.41) is 11.3. The number of rotatable bonds is 7. The minimum atomic E-state index is -4.25. The number of benzene rings is 2. The average molecular weight is 535 g/mol. The van der Waals surface area contributed by atoms with Gasteiger partial charge in [0.2, 0.25) is 10.0 Å². The Kier molecular flexibility index (Phi) is 6.77. The van der Waals surface area contributed by atoms with E-state index in [1.54, 1.807) is 36.4 Å². The molecule has 10 heteroatoms. The van der Waals surface area contributed by atoms with Crippen molar-refractivity contribution in [1.29, 1.82) is 5.41 Å². The van der Waals surface area contributed by atoms with E-state index in [1.807, 2.05) is 0 Å². The molecule has 5 rings (SSSR count). The molecule has 1 saturated heterocycles. The van der Waals surface area contributed by atoms with E-state index in [0.717, 1.165) is 16.6 Å². The molecule has 1 fully saturated rings. The minimum absolute atomic E-state index is 0.0323. The number of pyridine rings is 1. The summed E-state index contributed by atoms with van der Waals surface area (Å²) >= 11 is 0. The molecular weight excluding hydrogens is 510 g/mol. The van der Waals surface area contributed by atoms with Crippen LogP contribution in [-0.4, -0.2) is 42.8 Å². The van der Waals surface area contributed by atoms with Crippen molar-refractivity contribution in [2.75, 3.05) is 18.4 Å². The first-order chi connectivity index (χ1) is 18.2. The van der Waals surface area contributed by atoms with Gasteiger partial charge < -0.3 is 10.7 Å². The van der Waals surface area contributed by atoms with Gasteiger partial charge in [0.15, 0.2) is 5.78 Å². The van der Waals surface area contributed by atoms with Crippen LogP contribution in [0.25, 0.3) is 0 Å². The number of aromatic nitrogens is 1. The predicted octanol–water partition coefficient (Wildman–Crippen LogP) is 4.97. The predicted molar refractivity (Wildman–Crippen MR) is 139 cm³/mol. The Hall–Kier alpha value is -4.02. The average Bonchev–Trinajstić information content (AvgIpc) is 2.93. The molecular formula is C28H24F2N4O3S. The number of fused-ring (bicyclic) bond motifs is 1. The number of carbonyl (C=O) groups excluding carboxylic acids is 1. The fourth-order valence-electron chi connectivity index (χ4n) is 5.01. The molecule has 2 aliphatic rings. The highest BCUT2D eigenvalue weighted by atomic mass is 32.2. The SMILES string of the molecule is N=CC1=C(Nc2ccc(F)cc2)C=C2CCN(S(=O)(=O)c3ccccc3F)C[C@@]2(C(=O)c2ccccn2)C1. The molecule has 194 valence electrons. The van der Waals surface area contributed by atoms with Crippen molar-refractivity contribution in [2.45, 2.75) is 17.7 Å². The van der Waals surface area contributed by atoms with E-state index in [9.17, 15) is 22.0 Å². The summed E-state index contributed by atoms with van der Waals surface area (Å²) in [4.78, 5) is 17.8. The van der Waals surface area contributed by atoms with E-state index in [0.29, 0.717) is 22.5 Å². The smallest absolute Gasteiger partial charge is 0.246 e. The molecule has 2 N–H and O–H groups in total.